The predicted molar refractivity (Wildman–Crippen MR) is 78.3 cm³/mol. The third-order valence-electron chi connectivity index (χ3n) is 2.34. The molecule has 0 aromatic heterocycles. The second kappa shape index (κ2) is 7.54. The molecule has 6 nitrogen and oxygen atoms in total. The van der Waals surface area contributed by atoms with Crippen LogP contribution in [0, 0.1) is 0 Å². The molecule has 0 aromatic carbocycles. The standard InChI is InChI=1S/C9H12N2S.C4H4O4/c1-3-8-6-11-5-4-7(2)10-9(11)12-8;5-3(6)1-2-4(7)8/h4,6H,3,5H2,1-2H3;1-2H,(H,5,6)(H,7,8)/b;2-1-. The largest absolute Gasteiger partial charge is 0.478 e. The Labute approximate surface area is 121 Å². The van der Waals surface area contributed by atoms with Gasteiger partial charge >= 0.3 is 11.9 Å². The normalized spacial score (nSPS) is 16.7. The highest BCUT2D eigenvalue weighted by molar-refractivity contribution is 8.17. The fourth-order valence-electron chi connectivity index (χ4n) is 1.38. The number of aliphatic imine (C=N–C) groups is 1. The summed E-state index contributed by atoms with van der Waals surface area (Å²) in [4.78, 5) is 27.2. The van der Waals surface area contributed by atoms with E-state index in [-0.39, 0.29) is 0 Å². The van der Waals surface area contributed by atoms with Crippen molar-refractivity contribution in [1.29, 1.82) is 0 Å². The van der Waals surface area contributed by atoms with E-state index in [9.17, 15) is 9.59 Å². The molecule has 0 saturated heterocycles. The number of hydrogen-bond donors (Lipinski definition) is 2. The quantitative estimate of drug-likeness (QED) is 0.776. The average Bonchev–Trinajstić information content (AvgIpc) is 2.79. The van der Waals surface area contributed by atoms with Gasteiger partial charge in [-0.15, -0.1) is 0 Å². The highest BCUT2D eigenvalue weighted by atomic mass is 32.2. The Morgan fingerprint density at radius 2 is 2.00 bits per heavy atom. The summed E-state index contributed by atoms with van der Waals surface area (Å²) < 4.78 is 0. The van der Waals surface area contributed by atoms with Crippen LogP contribution in [0.2, 0.25) is 0 Å². The molecule has 2 heterocycles. The number of allylic oxidation sites excluding steroid dienone is 2. The van der Waals surface area contributed by atoms with Gasteiger partial charge in [0, 0.05) is 35.5 Å². The van der Waals surface area contributed by atoms with Gasteiger partial charge in [0.25, 0.3) is 0 Å². The number of hydrogen-bond acceptors (Lipinski definition) is 5. The summed E-state index contributed by atoms with van der Waals surface area (Å²) in [5.74, 6) is -2.51. The summed E-state index contributed by atoms with van der Waals surface area (Å²) in [7, 11) is 0. The van der Waals surface area contributed by atoms with Crippen LogP contribution in [0.15, 0.2) is 40.0 Å². The average molecular weight is 296 g/mol. The molecule has 0 bridgehead atoms. The number of rotatable bonds is 3. The predicted octanol–water partition coefficient (Wildman–Crippen LogP) is 2.27. The summed E-state index contributed by atoms with van der Waals surface area (Å²) in [6.45, 7) is 5.22. The molecule has 0 spiro atoms. The van der Waals surface area contributed by atoms with Crippen molar-refractivity contribution in [2.24, 2.45) is 4.99 Å². The number of carbonyl (C=O) groups is 2. The molecule has 2 aliphatic rings. The molecule has 0 saturated carbocycles. The Hall–Kier alpha value is -2.02. The van der Waals surface area contributed by atoms with E-state index in [1.807, 2.05) is 0 Å². The van der Waals surface area contributed by atoms with Gasteiger partial charge in [0.2, 0.25) is 0 Å². The van der Waals surface area contributed by atoms with E-state index in [1.54, 1.807) is 11.8 Å². The Bertz CT molecular complexity index is 504. The molecule has 20 heavy (non-hydrogen) atoms. The van der Waals surface area contributed by atoms with Gasteiger partial charge in [0.15, 0.2) is 5.17 Å². The van der Waals surface area contributed by atoms with E-state index in [2.05, 4.69) is 36.0 Å². The van der Waals surface area contributed by atoms with E-state index >= 15 is 0 Å². The Kier molecular flexibility index (Phi) is 6.05. The Balaban J connectivity index is 0.000000221. The van der Waals surface area contributed by atoms with Crippen LogP contribution in [0.25, 0.3) is 0 Å². The number of aliphatic carboxylic acids is 2. The van der Waals surface area contributed by atoms with E-state index in [0.29, 0.717) is 12.2 Å². The zero-order valence-corrected chi connectivity index (χ0v) is 12.1. The summed E-state index contributed by atoms with van der Waals surface area (Å²) in [5, 5.41) is 16.8. The number of amidine groups is 1. The maximum absolute atomic E-state index is 9.55. The number of carboxylic acids is 2. The second-order valence-corrected chi connectivity index (χ2v) is 5.05. The molecular weight excluding hydrogens is 280 g/mol. The lowest BCUT2D eigenvalue weighted by molar-refractivity contribution is -0.134. The lowest BCUT2D eigenvalue weighted by atomic mass is 10.4. The number of carboxylic acid groups (broad SMARTS) is 2. The third kappa shape index (κ3) is 5.31. The van der Waals surface area contributed by atoms with Crippen molar-refractivity contribution in [1.82, 2.24) is 4.90 Å². The van der Waals surface area contributed by atoms with Crippen molar-refractivity contribution in [3.63, 3.8) is 0 Å². The molecule has 0 amide bonds. The van der Waals surface area contributed by atoms with Crippen molar-refractivity contribution >= 4 is 28.9 Å². The van der Waals surface area contributed by atoms with Crippen LogP contribution in [0.1, 0.15) is 20.3 Å². The fourth-order valence-corrected chi connectivity index (χ4v) is 2.38. The SMILES string of the molecule is CCC1=CN2CC=C(C)N=C2S1.O=C(O)/C=C\C(=O)O. The molecule has 7 heteroatoms. The highest BCUT2D eigenvalue weighted by Gasteiger charge is 2.21. The third-order valence-corrected chi connectivity index (χ3v) is 3.50. The summed E-state index contributed by atoms with van der Waals surface area (Å²) >= 11 is 1.79. The van der Waals surface area contributed by atoms with Crippen molar-refractivity contribution in [3.05, 3.63) is 35.0 Å². The van der Waals surface area contributed by atoms with Crippen LogP contribution in [0.3, 0.4) is 0 Å². The molecule has 2 N–H and O–H groups in total. The summed E-state index contributed by atoms with van der Waals surface area (Å²) in [6, 6.07) is 0. The molecule has 0 aliphatic carbocycles. The van der Waals surface area contributed by atoms with Crippen LogP contribution in [-0.4, -0.2) is 38.8 Å². The first kappa shape index (κ1) is 16.0. The van der Waals surface area contributed by atoms with Gasteiger partial charge in [-0.2, -0.15) is 0 Å². The van der Waals surface area contributed by atoms with Crippen molar-refractivity contribution in [3.8, 4) is 0 Å². The maximum atomic E-state index is 9.55. The first-order chi connectivity index (χ1) is 9.42. The van der Waals surface area contributed by atoms with Crippen LogP contribution < -0.4 is 0 Å². The molecule has 2 rings (SSSR count). The molecule has 2 aliphatic heterocycles. The van der Waals surface area contributed by atoms with E-state index in [1.165, 1.54) is 4.91 Å². The monoisotopic (exact) mass is 296 g/mol. The maximum Gasteiger partial charge on any atom is 0.328 e. The van der Waals surface area contributed by atoms with Gasteiger partial charge in [-0.3, -0.25) is 0 Å². The van der Waals surface area contributed by atoms with Crippen molar-refractivity contribution in [2.75, 3.05) is 6.54 Å². The fraction of sp³-hybridized carbons (Fsp3) is 0.308. The topological polar surface area (TPSA) is 90.2 Å². The minimum atomic E-state index is -1.26. The van der Waals surface area contributed by atoms with Gasteiger partial charge in [0.1, 0.15) is 0 Å². The molecule has 0 radical (unpaired) electrons. The van der Waals surface area contributed by atoms with Gasteiger partial charge in [-0.25, -0.2) is 14.6 Å². The van der Waals surface area contributed by atoms with Gasteiger partial charge in [0.05, 0.1) is 0 Å². The van der Waals surface area contributed by atoms with Crippen LogP contribution in [-0.2, 0) is 9.59 Å². The zero-order valence-electron chi connectivity index (χ0n) is 11.2. The summed E-state index contributed by atoms with van der Waals surface area (Å²) in [5.41, 5.74) is 1.14. The lowest BCUT2D eigenvalue weighted by Crippen LogP contribution is -2.22. The second-order valence-electron chi connectivity index (χ2n) is 3.95. The molecule has 108 valence electrons. The smallest absolute Gasteiger partial charge is 0.328 e. The van der Waals surface area contributed by atoms with Crippen molar-refractivity contribution < 1.29 is 19.8 Å². The van der Waals surface area contributed by atoms with Crippen LogP contribution in [0.4, 0.5) is 0 Å². The Morgan fingerprint density at radius 1 is 1.40 bits per heavy atom. The lowest BCUT2D eigenvalue weighted by Gasteiger charge is -2.17. The minimum Gasteiger partial charge on any atom is -0.478 e. The number of thioether (sulfide) groups is 1. The zero-order chi connectivity index (χ0) is 15.1. The van der Waals surface area contributed by atoms with Gasteiger partial charge in [-0.05, 0) is 19.4 Å². The van der Waals surface area contributed by atoms with Gasteiger partial charge in [-0.1, -0.05) is 18.7 Å². The molecule has 0 unspecified atom stereocenters. The van der Waals surface area contributed by atoms with Crippen LogP contribution in [0.5, 0.6) is 0 Å². The summed E-state index contributed by atoms with van der Waals surface area (Å²) in [6.07, 6.45) is 6.58. The minimum absolute atomic E-state index is 0.558. The van der Waals surface area contributed by atoms with Gasteiger partial charge < -0.3 is 15.1 Å². The number of nitrogens with zero attached hydrogens (tertiary/aromatic N) is 2. The van der Waals surface area contributed by atoms with E-state index in [0.717, 1.165) is 23.8 Å². The number of fused-ring (bicyclic) bond motifs is 1. The molecular formula is C13H16N2O4S. The van der Waals surface area contributed by atoms with E-state index < -0.39 is 11.9 Å². The van der Waals surface area contributed by atoms with E-state index in [4.69, 9.17) is 10.2 Å². The first-order valence-corrected chi connectivity index (χ1v) is 6.78. The van der Waals surface area contributed by atoms with Crippen molar-refractivity contribution in [2.45, 2.75) is 20.3 Å². The van der Waals surface area contributed by atoms with Crippen LogP contribution >= 0.6 is 11.8 Å². The molecule has 0 fully saturated rings. The molecule has 0 aromatic rings. The molecule has 0 atom stereocenters. The Morgan fingerprint density at radius 3 is 2.50 bits per heavy atom. The highest BCUT2D eigenvalue weighted by Crippen LogP contribution is 2.32. The first-order valence-electron chi connectivity index (χ1n) is 5.97.